The van der Waals surface area contributed by atoms with Crippen LogP contribution in [0.5, 0.6) is 0 Å². The van der Waals surface area contributed by atoms with Gasteiger partial charge in [-0.15, -0.1) is 0 Å². The first kappa shape index (κ1) is 16.3. The molecule has 0 bridgehead atoms. The Morgan fingerprint density at radius 1 is 0.923 bits per heavy atom. The van der Waals surface area contributed by atoms with E-state index in [2.05, 4.69) is 9.97 Å². The largest absolute Gasteiger partial charge is 0.417 e. The second-order valence-corrected chi connectivity index (χ2v) is 6.01. The third-order valence-electron chi connectivity index (χ3n) is 4.22. The van der Waals surface area contributed by atoms with E-state index in [1.54, 1.807) is 30.5 Å². The fourth-order valence-corrected chi connectivity index (χ4v) is 3.00. The van der Waals surface area contributed by atoms with Gasteiger partial charge in [-0.2, -0.15) is 13.2 Å². The number of alkyl halides is 3. The van der Waals surface area contributed by atoms with Gasteiger partial charge in [-0.25, -0.2) is 9.97 Å². The summed E-state index contributed by atoms with van der Waals surface area (Å²) in [5, 5.41) is 0. The van der Waals surface area contributed by atoms with Gasteiger partial charge in [0.15, 0.2) is 0 Å². The SMILES string of the molecule is Cc1ccn2c(-c3cccc(-c4ccccc4C(F)(F)F)c3)cnc2n1. The molecule has 4 rings (SSSR count). The number of imidazole rings is 1. The van der Waals surface area contributed by atoms with E-state index in [0.717, 1.165) is 23.0 Å². The Kier molecular flexibility index (Phi) is 3.76. The van der Waals surface area contributed by atoms with Crippen LogP contribution in [0.4, 0.5) is 13.2 Å². The lowest BCUT2D eigenvalue weighted by Gasteiger charge is -2.13. The molecule has 26 heavy (non-hydrogen) atoms. The maximum atomic E-state index is 13.3. The summed E-state index contributed by atoms with van der Waals surface area (Å²) in [6.07, 6.45) is -0.871. The lowest BCUT2D eigenvalue weighted by molar-refractivity contribution is -0.137. The quantitative estimate of drug-likeness (QED) is 0.484. The molecule has 0 amide bonds. The van der Waals surface area contributed by atoms with Gasteiger partial charge in [0.25, 0.3) is 0 Å². The Balaban J connectivity index is 1.86. The summed E-state index contributed by atoms with van der Waals surface area (Å²) in [4.78, 5) is 8.64. The molecule has 2 aromatic carbocycles. The number of rotatable bonds is 2. The summed E-state index contributed by atoms with van der Waals surface area (Å²) in [5.41, 5.74) is 2.42. The lowest BCUT2D eigenvalue weighted by Crippen LogP contribution is -2.06. The van der Waals surface area contributed by atoms with E-state index >= 15 is 0 Å². The Morgan fingerprint density at radius 2 is 1.69 bits per heavy atom. The maximum Gasteiger partial charge on any atom is 0.417 e. The van der Waals surface area contributed by atoms with Gasteiger partial charge in [-0.1, -0.05) is 36.4 Å². The van der Waals surface area contributed by atoms with Crippen molar-refractivity contribution in [2.75, 3.05) is 0 Å². The number of nitrogens with zero attached hydrogens (tertiary/aromatic N) is 3. The predicted molar refractivity (Wildman–Crippen MR) is 93.6 cm³/mol. The average Bonchev–Trinajstić information content (AvgIpc) is 3.04. The van der Waals surface area contributed by atoms with Crippen molar-refractivity contribution in [1.82, 2.24) is 14.4 Å². The molecule has 0 N–H and O–H groups in total. The monoisotopic (exact) mass is 353 g/mol. The molecule has 3 nitrogen and oxygen atoms in total. The van der Waals surface area contributed by atoms with Crippen molar-refractivity contribution < 1.29 is 13.2 Å². The van der Waals surface area contributed by atoms with Crippen LogP contribution in [0.25, 0.3) is 28.2 Å². The van der Waals surface area contributed by atoms with Gasteiger partial charge in [0.1, 0.15) is 0 Å². The summed E-state index contributed by atoms with van der Waals surface area (Å²) >= 11 is 0. The summed E-state index contributed by atoms with van der Waals surface area (Å²) in [5.74, 6) is 0.557. The molecule has 0 radical (unpaired) electrons. The van der Waals surface area contributed by atoms with Gasteiger partial charge < -0.3 is 0 Å². The number of halogens is 3. The number of hydrogen-bond donors (Lipinski definition) is 0. The van der Waals surface area contributed by atoms with Crippen LogP contribution in [0.2, 0.25) is 0 Å². The number of aryl methyl sites for hydroxylation is 1. The first-order chi connectivity index (χ1) is 12.4. The highest BCUT2D eigenvalue weighted by Gasteiger charge is 2.33. The zero-order valence-corrected chi connectivity index (χ0v) is 13.8. The molecule has 4 aromatic rings. The molecule has 0 fully saturated rings. The Bertz CT molecular complexity index is 1100. The minimum absolute atomic E-state index is 0.157. The van der Waals surface area contributed by atoms with Gasteiger partial charge in [0, 0.05) is 17.5 Å². The molecule has 0 aliphatic heterocycles. The van der Waals surface area contributed by atoms with Crippen LogP contribution in [-0.4, -0.2) is 14.4 Å². The summed E-state index contributed by atoms with van der Waals surface area (Å²) in [6.45, 7) is 1.88. The fraction of sp³-hybridized carbons (Fsp3) is 0.100. The lowest BCUT2D eigenvalue weighted by atomic mass is 9.97. The van der Waals surface area contributed by atoms with Gasteiger partial charge >= 0.3 is 6.18 Å². The molecule has 130 valence electrons. The molecule has 6 heteroatoms. The second kappa shape index (κ2) is 5.98. The van der Waals surface area contributed by atoms with Crippen molar-refractivity contribution in [1.29, 1.82) is 0 Å². The van der Waals surface area contributed by atoms with E-state index in [1.165, 1.54) is 12.1 Å². The highest BCUT2D eigenvalue weighted by atomic mass is 19.4. The average molecular weight is 353 g/mol. The van der Waals surface area contributed by atoms with Crippen LogP contribution < -0.4 is 0 Å². The molecular formula is C20H14F3N3. The van der Waals surface area contributed by atoms with Crippen molar-refractivity contribution >= 4 is 5.78 Å². The first-order valence-electron chi connectivity index (χ1n) is 8.01. The third-order valence-corrected chi connectivity index (χ3v) is 4.22. The molecule has 0 aliphatic rings. The van der Waals surface area contributed by atoms with Gasteiger partial charge in [-0.05, 0) is 36.2 Å². The highest BCUT2D eigenvalue weighted by molar-refractivity contribution is 5.74. The minimum atomic E-state index is -4.41. The molecule has 2 heterocycles. The molecule has 0 saturated heterocycles. The maximum absolute atomic E-state index is 13.3. The van der Waals surface area contributed by atoms with Crippen LogP contribution in [0.15, 0.2) is 67.0 Å². The summed E-state index contributed by atoms with van der Waals surface area (Å²) in [6, 6.07) is 14.5. The van der Waals surface area contributed by atoms with Crippen molar-refractivity contribution in [3.8, 4) is 22.4 Å². The smallest absolute Gasteiger partial charge is 0.284 e. The van der Waals surface area contributed by atoms with Crippen LogP contribution >= 0.6 is 0 Å². The first-order valence-corrected chi connectivity index (χ1v) is 8.01. The summed E-state index contributed by atoms with van der Waals surface area (Å²) < 4.78 is 41.8. The minimum Gasteiger partial charge on any atom is -0.284 e. The topological polar surface area (TPSA) is 30.2 Å². The van der Waals surface area contributed by atoms with Crippen molar-refractivity contribution in [3.63, 3.8) is 0 Å². The zero-order chi connectivity index (χ0) is 18.3. The van der Waals surface area contributed by atoms with E-state index in [9.17, 15) is 13.2 Å². The van der Waals surface area contributed by atoms with E-state index in [4.69, 9.17) is 0 Å². The Hall–Kier alpha value is -3.15. The third kappa shape index (κ3) is 2.83. The highest BCUT2D eigenvalue weighted by Crippen LogP contribution is 2.37. The Labute approximate surface area is 147 Å². The summed E-state index contributed by atoms with van der Waals surface area (Å²) in [7, 11) is 0. The number of hydrogen-bond acceptors (Lipinski definition) is 2. The van der Waals surface area contributed by atoms with Crippen LogP contribution in [-0.2, 0) is 6.18 Å². The fourth-order valence-electron chi connectivity index (χ4n) is 3.00. The molecule has 2 aromatic heterocycles. The molecule has 0 atom stereocenters. The zero-order valence-electron chi connectivity index (χ0n) is 13.8. The van der Waals surface area contributed by atoms with Crippen LogP contribution in [0.3, 0.4) is 0 Å². The normalized spacial score (nSPS) is 11.8. The number of benzene rings is 2. The molecule has 0 saturated carbocycles. The van der Waals surface area contributed by atoms with E-state index in [0.29, 0.717) is 11.3 Å². The molecule has 0 unspecified atom stereocenters. The van der Waals surface area contributed by atoms with Gasteiger partial charge in [0.2, 0.25) is 5.78 Å². The molecule has 0 aliphatic carbocycles. The van der Waals surface area contributed by atoms with Crippen molar-refractivity contribution in [2.24, 2.45) is 0 Å². The van der Waals surface area contributed by atoms with Crippen molar-refractivity contribution in [2.45, 2.75) is 13.1 Å². The predicted octanol–water partition coefficient (Wildman–Crippen LogP) is 5.39. The van der Waals surface area contributed by atoms with Gasteiger partial charge in [-0.3, -0.25) is 4.40 Å². The standard InChI is InChI=1S/C20H14F3N3/c1-13-9-10-26-18(12-24-19(26)25-13)15-6-4-5-14(11-15)16-7-2-3-8-17(16)20(21,22)23/h2-12H,1H3. The molecular weight excluding hydrogens is 339 g/mol. The molecule has 0 spiro atoms. The second-order valence-electron chi connectivity index (χ2n) is 6.01. The van der Waals surface area contributed by atoms with Gasteiger partial charge in [0.05, 0.1) is 17.5 Å². The number of fused-ring (bicyclic) bond motifs is 1. The Morgan fingerprint density at radius 3 is 2.50 bits per heavy atom. The van der Waals surface area contributed by atoms with E-state index in [1.807, 2.05) is 29.7 Å². The van der Waals surface area contributed by atoms with Crippen LogP contribution in [0, 0.1) is 6.92 Å². The van der Waals surface area contributed by atoms with E-state index in [-0.39, 0.29) is 5.56 Å². The number of aromatic nitrogens is 3. The van der Waals surface area contributed by atoms with Crippen LogP contribution in [0.1, 0.15) is 11.3 Å². The van der Waals surface area contributed by atoms with Crippen molar-refractivity contribution in [3.05, 3.63) is 78.2 Å². The van der Waals surface area contributed by atoms with E-state index < -0.39 is 11.7 Å².